The maximum Gasteiger partial charge on any atom is 0.219 e. The minimum atomic E-state index is 0.115. The van der Waals surface area contributed by atoms with Gasteiger partial charge in [-0.2, -0.15) is 0 Å². The Labute approximate surface area is 108 Å². The third kappa shape index (κ3) is 2.55. The average Bonchev–Trinajstić information content (AvgIpc) is 2.65. The number of aryl methyl sites for hydroxylation is 3. The van der Waals surface area contributed by atoms with Gasteiger partial charge in [0, 0.05) is 30.1 Å². The molecule has 0 radical (unpaired) electrons. The largest absolute Gasteiger partial charge is 0.359 e. The lowest BCUT2D eigenvalue weighted by atomic mass is 10.0. The van der Waals surface area contributed by atoms with Gasteiger partial charge in [0.05, 0.1) is 0 Å². The number of fused-ring (bicyclic) bond motifs is 1. The molecular formula is C15H20N2O. The third-order valence-electron chi connectivity index (χ3n) is 3.38. The number of carbonyl (C=O) groups excluding carboxylic acids is 1. The molecule has 1 heterocycles. The van der Waals surface area contributed by atoms with Gasteiger partial charge in [-0.3, -0.25) is 4.79 Å². The zero-order valence-corrected chi connectivity index (χ0v) is 11.3. The van der Waals surface area contributed by atoms with E-state index in [2.05, 4.69) is 42.3 Å². The fourth-order valence-electron chi connectivity index (χ4n) is 2.37. The first-order chi connectivity index (χ1) is 8.61. The molecule has 0 saturated carbocycles. The quantitative estimate of drug-likeness (QED) is 0.853. The van der Waals surface area contributed by atoms with Crippen LogP contribution in [0.25, 0.3) is 10.9 Å². The number of benzene rings is 1. The van der Waals surface area contributed by atoms with Gasteiger partial charge in [-0.25, -0.2) is 0 Å². The van der Waals surface area contributed by atoms with E-state index in [9.17, 15) is 4.79 Å². The summed E-state index contributed by atoms with van der Waals surface area (Å²) in [4.78, 5) is 14.6. The second-order valence-electron chi connectivity index (χ2n) is 4.80. The van der Waals surface area contributed by atoms with Crippen LogP contribution in [-0.2, 0) is 11.2 Å². The number of aromatic amines is 1. The summed E-state index contributed by atoms with van der Waals surface area (Å²) in [6.45, 7) is 4.21. The number of hydrogen-bond donors (Lipinski definition) is 2. The monoisotopic (exact) mass is 244 g/mol. The predicted molar refractivity (Wildman–Crippen MR) is 74.8 cm³/mol. The van der Waals surface area contributed by atoms with Crippen molar-refractivity contribution in [2.75, 3.05) is 7.05 Å². The van der Waals surface area contributed by atoms with Crippen LogP contribution in [0.5, 0.6) is 0 Å². The Morgan fingerprint density at radius 1 is 1.33 bits per heavy atom. The summed E-state index contributed by atoms with van der Waals surface area (Å²) >= 11 is 0. The molecule has 0 bridgehead atoms. The van der Waals surface area contributed by atoms with E-state index in [0.29, 0.717) is 6.42 Å². The van der Waals surface area contributed by atoms with E-state index < -0.39 is 0 Å². The molecule has 0 atom stereocenters. The Kier molecular flexibility index (Phi) is 3.70. The molecule has 18 heavy (non-hydrogen) atoms. The number of carbonyl (C=O) groups is 1. The maximum absolute atomic E-state index is 11.2. The van der Waals surface area contributed by atoms with E-state index in [0.717, 1.165) is 12.8 Å². The van der Waals surface area contributed by atoms with Crippen LogP contribution in [0.15, 0.2) is 18.2 Å². The average molecular weight is 244 g/mol. The second-order valence-corrected chi connectivity index (χ2v) is 4.80. The summed E-state index contributed by atoms with van der Waals surface area (Å²) in [6.07, 6.45) is 2.43. The molecule has 1 aromatic carbocycles. The van der Waals surface area contributed by atoms with Gasteiger partial charge in [0.2, 0.25) is 5.91 Å². The van der Waals surface area contributed by atoms with E-state index in [1.165, 1.54) is 27.7 Å². The fourth-order valence-corrected chi connectivity index (χ4v) is 2.37. The highest BCUT2D eigenvalue weighted by Gasteiger charge is 2.09. The van der Waals surface area contributed by atoms with Crippen LogP contribution < -0.4 is 5.32 Å². The fraction of sp³-hybridized carbons (Fsp3) is 0.400. The van der Waals surface area contributed by atoms with Gasteiger partial charge in [-0.15, -0.1) is 0 Å². The van der Waals surface area contributed by atoms with Crippen LogP contribution in [0.3, 0.4) is 0 Å². The van der Waals surface area contributed by atoms with Gasteiger partial charge < -0.3 is 10.3 Å². The summed E-state index contributed by atoms with van der Waals surface area (Å²) in [5, 5.41) is 3.95. The molecule has 0 spiro atoms. The molecule has 96 valence electrons. The van der Waals surface area contributed by atoms with Crippen LogP contribution in [-0.4, -0.2) is 17.9 Å². The van der Waals surface area contributed by atoms with E-state index in [4.69, 9.17) is 0 Å². The van der Waals surface area contributed by atoms with Crippen LogP contribution in [0.2, 0.25) is 0 Å². The molecule has 2 aromatic rings. The van der Waals surface area contributed by atoms with Crippen molar-refractivity contribution in [1.29, 1.82) is 0 Å². The summed E-state index contributed by atoms with van der Waals surface area (Å²) in [6, 6.07) is 6.46. The number of amides is 1. The molecule has 0 aliphatic heterocycles. The summed E-state index contributed by atoms with van der Waals surface area (Å²) in [5.41, 5.74) is 5.02. The lowest BCUT2D eigenvalue weighted by molar-refractivity contribution is -0.120. The van der Waals surface area contributed by atoms with Gasteiger partial charge in [0.25, 0.3) is 0 Å². The van der Waals surface area contributed by atoms with Crippen LogP contribution in [0.1, 0.15) is 29.7 Å². The van der Waals surface area contributed by atoms with Gasteiger partial charge in [0.1, 0.15) is 0 Å². The summed E-state index contributed by atoms with van der Waals surface area (Å²) in [5.74, 6) is 0.115. The zero-order chi connectivity index (χ0) is 13.1. The minimum Gasteiger partial charge on any atom is -0.359 e. The van der Waals surface area contributed by atoms with E-state index >= 15 is 0 Å². The highest BCUT2D eigenvalue weighted by Crippen LogP contribution is 2.24. The van der Waals surface area contributed by atoms with Crippen molar-refractivity contribution in [3.05, 3.63) is 35.0 Å². The van der Waals surface area contributed by atoms with Crippen molar-refractivity contribution >= 4 is 16.8 Å². The normalized spacial score (nSPS) is 10.8. The Bertz CT molecular complexity index is 569. The first kappa shape index (κ1) is 12.7. The minimum absolute atomic E-state index is 0.115. The molecule has 1 amide bonds. The van der Waals surface area contributed by atoms with E-state index in [-0.39, 0.29) is 5.91 Å². The molecule has 3 heteroatoms. The molecule has 2 rings (SSSR count). The Balaban J connectivity index is 2.19. The third-order valence-corrected chi connectivity index (χ3v) is 3.38. The van der Waals surface area contributed by atoms with Crippen LogP contribution in [0.4, 0.5) is 0 Å². The highest BCUT2D eigenvalue weighted by atomic mass is 16.1. The number of hydrogen-bond acceptors (Lipinski definition) is 1. The molecule has 0 aliphatic rings. The van der Waals surface area contributed by atoms with Crippen molar-refractivity contribution < 1.29 is 4.79 Å². The van der Waals surface area contributed by atoms with Gasteiger partial charge in [-0.05, 0) is 44.4 Å². The smallest absolute Gasteiger partial charge is 0.219 e. The zero-order valence-electron chi connectivity index (χ0n) is 11.3. The molecule has 3 nitrogen and oxygen atoms in total. The van der Waals surface area contributed by atoms with Gasteiger partial charge >= 0.3 is 0 Å². The van der Waals surface area contributed by atoms with Crippen LogP contribution in [0, 0.1) is 13.8 Å². The van der Waals surface area contributed by atoms with Gasteiger partial charge in [-0.1, -0.05) is 11.6 Å². The molecule has 0 unspecified atom stereocenters. The lowest BCUT2D eigenvalue weighted by Crippen LogP contribution is -2.17. The number of nitrogens with one attached hydrogen (secondary N) is 2. The molecule has 1 aromatic heterocycles. The molecular weight excluding hydrogens is 224 g/mol. The molecule has 2 N–H and O–H groups in total. The Morgan fingerprint density at radius 3 is 2.83 bits per heavy atom. The predicted octanol–water partition coefficient (Wildman–Crippen LogP) is 2.85. The van der Waals surface area contributed by atoms with E-state index in [1.54, 1.807) is 7.05 Å². The van der Waals surface area contributed by atoms with Crippen molar-refractivity contribution in [3.63, 3.8) is 0 Å². The lowest BCUT2D eigenvalue weighted by Gasteiger charge is -2.02. The topological polar surface area (TPSA) is 44.9 Å². The standard InChI is InChI=1S/C15H20N2O/c1-10-7-8-14-13(9-10)12(11(2)17-14)5-4-6-15(18)16-3/h7-9,17H,4-6H2,1-3H3,(H,16,18). The van der Waals surface area contributed by atoms with E-state index in [1.807, 2.05) is 0 Å². The van der Waals surface area contributed by atoms with Crippen molar-refractivity contribution in [2.24, 2.45) is 0 Å². The summed E-state index contributed by atoms with van der Waals surface area (Å²) in [7, 11) is 1.68. The van der Waals surface area contributed by atoms with Crippen molar-refractivity contribution in [2.45, 2.75) is 33.1 Å². The number of H-pyrrole nitrogens is 1. The van der Waals surface area contributed by atoms with Crippen molar-refractivity contribution in [3.8, 4) is 0 Å². The summed E-state index contributed by atoms with van der Waals surface area (Å²) < 4.78 is 0. The SMILES string of the molecule is CNC(=O)CCCc1c(C)[nH]c2ccc(C)cc12. The first-order valence-corrected chi connectivity index (χ1v) is 6.40. The Morgan fingerprint density at radius 2 is 2.11 bits per heavy atom. The second kappa shape index (κ2) is 5.25. The molecule has 0 saturated heterocycles. The number of aromatic nitrogens is 1. The van der Waals surface area contributed by atoms with Gasteiger partial charge in [0.15, 0.2) is 0 Å². The molecule has 0 aliphatic carbocycles. The first-order valence-electron chi connectivity index (χ1n) is 6.40. The highest BCUT2D eigenvalue weighted by molar-refractivity contribution is 5.85. The maximum atomic E-state index is 11.2. The number of rotatable bonds is 4. The van der Waals surface area contributed by atoms with Crippen molar-refractivity contribution in [1.82, 2.24) is 10.3 Å². The van der Waals surface area contributed by atoms with Crippen LogP contribution >= 0.6 is 0 Å². The Hall–Kier alpha value is -1.77. The molecule has 0 fully saturated rings.